The summed E-state index contributed by atoms with van der Waals surface area (Å²) in [7, 11) is 1.86. The molecule has 0 aliphatic carbocycles. The van der Waals surface area contributed by atoms with Crippen LogP contribution in [-0.2, 0) is 13.5 Å². The minimum atomic E-state index is -0.393. The van der Waals surface area contributed by atoms with Gasteiger partial charge in [-0.1, -0.05) is 12.1 Å². The van der Waals surface area contributed by atoms with E-state index in [9.17, 15) is 10.1 Å². The molecule has 0 radical (unpaired) electrons. The number of nitro benzene ring substituents is 1. The fourth-order valence-electron chi connectivity index (χ4n) is 1.63. The molecule has 0 bridgehead atoms. The first-order valence-electron chi connectivity index (χ1n) is 5.62. The molecule has 0 amide bonds. The Balaban J connectivity index is 1.85. The number of nitro groups is 1. The van der Waals surface area contributed by atoms with E-state index in [1.54, 1.807) is 16.8 Å². The minimum Gasteiger partial charge on any atom is -0.368 e. The summed E-state index contributed by atoms with van der Waals surface area (Å²) in [5, 5.41) is 17.9. The van der Waals surface area contributed by atoms with Crippen LogP contribution in [0.25, 0.3) is 0 Å². The second-order valence-corrected chi connectivity index (χ2v) is 3.97. The number of nitrogens with zero attached hydrogens (tertiary/aromatic N) is 3. The lowest BCUT2D eigenvalue weighted by Crippen LogP contribution is -2.05. The highest BCUT2D eigenvalue weighted by molar-refractivity contribution is 5.35. The van der Waals surface area contributed by atoms with E-state index in [4.69, 9.17) is 0 Å². The lowest BCUT2D eigenvalue weighted by Gasteiger charge is -2.03. The first-order chi connectivity index (χ1) is 8.65. The van der Waals surface area contributed by atoms with Gasteiger partial charge in [-0.2, -0.15) is 5.10 Å². The third-order valence-electron chi connectivity index (χ3n) is 2.58. The van der Waals surface area contributed by atoms with Gasteiger partial charge in [-0.05, 0) is 12.0 Å². The number of non-ortho nitro benzene ring substituents is 1. The van der Waals surface area contributed by atoms with Gasteiger partial charge < -0.3 is 5.32 Å². The van der Waals surface area contributed by atoms with E-state index in [2.05, 4.69) is 10.4 Å². The monoisotopic (exact) mass is 246 g/mol. The van der Waals surface area contributed by atoms with Crippen molar-refractivity contribution in [3.05, 3.63) is 52.2 Å². The van der Waals surface area contributed by atoms with Gasteiger partial charge >= 0.3 is 0 Å². The highest BCUT2D eigenvalue weighted by Crippen LogP contribution is 2.12. The average Bonchev–Trinajstić information content (AvgIpc) is 2.76. The Kier molecular flexibility index (Phi) is 3.57. The minimum absolute atomic E-state index is 0.122. The number of aromatic nitrogens is 2. The number of hydrogen-bond acceptors (Lipinski definition) is 4. The van der Waals surface area contributed by atoms with Crippen molar-refractivity contribution in [2.75, 3.05) is 11.9 Å². The van der Waals surface area contributed by atoms with Gasteiger partial charge in [-0.15, -0.1) is 0 Å². The number of anilines is 1. The molecule has 1 heterocycles. The first kappa shape index (κ1) is 12.1. The summed E-state index contributed by atoms with van der Waals surface area (Å²) in [6.45, 7) is 0.745. The molecular formula is C12H14N4O2. The Morgan fingerprint density at radius 2 is 2.06 bits per heavy atom. The Hall–Kier alpha value is -2.37. The van der Waals surface area contributed by atoms with Crippen LogP contribution in [0.15, 0.2) is 36.5 Å². The molecule has 0 saturated heterocycles. The molecule has 0 spiro atoms. The molecule has 94 valence electrons. The molecule has 0 atom stereocenters. The summed E-state index contributed by atoms with van der Waals surface area (Å²) in [5.74, 6) is 0.833. The van der Waals surface area contributed by atoms with Crippen molar-refractivity contribution in [3.63, 3.8) is 0 Å². The highest BCUT2D eigenvalue weighted by Gasteiger charge is 2.03. The SMILES string of the molecule is Cn1ccc(NCCc2ccc([N+](=O)[O-])cc2)n1. The lowest BCUT2D eigenvalue weighted by molar-refractivity contribution is -0.384. The maximum Gasteiger partial charge on any atom is 0.269 e. The van der Waals surface area contributed by atoms with Crippen molar-refractivity contribution >= 4 is 11.5 Å². The zero-order valence-corrected chi connectivity index (χ0v) is 10.0. The largest absolute Gasteiger partial charge is 0.368 e. The molecule has 0 aliphatic rings. The van der Waals surface area contributed by atoms with Crippen molar-refractivity contribution in [2.45, 2.75) is 6.42 Å². The summed E-state index contributed by atoms with van der Waals surface area (Å²) < 4.78 is 1.73. The number of nitrogens with one attached hydrogen (secondary N) is 1. The zero-order chi connectivity index (χ0) is 13.0. The summed E-state index contributed by atoms with van der Waals surface area (Å²) in [6.07, 6.45) is 2.67. The molecule has 1 N–H and O–H groups in total. The second kappa shape index (κ2) is 5.31. The standard InChI is InChI=1S/C12H14N4O2/c1-15-9-7-12(14-15)13-8-6-10-2-4-11(5-3-10)16(17)18/h2-5,7,9H,6,8H2,1H3,(H,13,14). The van der Waals surface area contributed by atoms with Crippen molar-refractivity contribution in [3.8, 4) is 0 Å². The molecule has 1 aromatic heterocycles. The topological polar surface area (TPSA) is 73.0 Å². The van der Waals surface area contributed by atoms with Crippen LogP contribution in [-0.4, -0.2) is 21.2 Å². The molecule has 6 heteroatoms. The van der Waals surface area contributed by atoms with Gasteiger partial charge in [-0.25, -0.2) is 0 Å². The van der Waals surface area contributed by atoms with Crippen molar-refractivity contribution in [2.24, 2.45) is 7.05 Å². The van der Waals surface area contributed by atoms with Gasteiger partial charge in [0, 0.05) is 38.0 Å². The summed E-state index contributed by atoms with van der Waals surface area (Å²) in [6, 6.07) is 8.50. The third kappa shape index (κ3) is 3.07. The average molecular weight is 246 g/mol. The van der Waals surface area contributed by atoms with Crippen LogP contribution in [0, 0.1) is 10.1 Å². The predicted molar refractivity (Wildman–Crippen MR) is 68.5 cm³/mol. The number of rotatable bonds is 5. The van der Waals surface area contributed by atoms with Crippen molar-refractivity contribution in [1.82, 2.24) is 9.78 Å². The van der Waals surface area contributed by atoms with Crippen molar-refractivity contribution in [1.29, 1.82) is 0 Å². The number of benzene rings is 1. The van der Waals surface area contributed by atoms with Crippen LogP contribution < -0.4 is 5.32 Å². The van der Waals surface area contributed by atoms with Gasteiger partial charge in [0.15, 0.2) is 0 Å². The molecule has 2 rings (SSSR count). The summed E-state index contributed by atoms with van der Waals surface area (Å²) >= 11 is 0. The molecule has 0 saturated carbocycles. The van der Waals surface area contributed by atoms with E-state index in [-0.39, 0.29) is 5.69 Å². The smallest absolute Gasteiger partial charge is 0.269 e. The van der Waals surface area contributed by atoms with E-state index in [0.29, 0.717) is 0 Å². The normalized spacial score (nSPS) is 10.3. The predicted octanol–water partition coefficient (Wildman–Crippen LogP) is 1.98. The molecule has 0 aliphatic heterocycles. The molecule has 2 aromatic rings. The summed E-state index contributed by atoms with van der Waals surface area (Å²) in [5.41, 5.74) is 1.18. The maximum atomic E-state index is 10.5. The van der Waals surface area contributed by atoms with E-state index in [1.807, 2.05) is 19.3 Å². The van der Waals surface area contributed by atoms with E-state index in [0.717, 1.165) is 24.3 Å². The van der Waals surface area contributed by atoms with Crippen LogP contribution >= 0.6 is 0 Å². The van der Waals surface area contributed by atoms with E-state index >= 15 is 0 Å². The van der Waals surface area contributed by atoms with Gasteiger partial charge in [0.25, 0.3) is 5.69 Å². The van der Waals surface area contributed by atoms with Crippen molar-refractivity contribution < 1.29 is 4.92 Å². The van der Waals surface area contributed by atoms with Gasteiger partial charge in [-0.3, -0.25) is 14.8 Å². The third-order valence-corrected chi connectivity index (χ3v) is 2.58. The second-order valence-electron chi connectivity index (χ2n) is 3.97. The van der Waals surface area contributed by atoms with E-state index < -0.39 is 4.92 Å². The quantitative estimate of drug-likeness (QED) is 0.646. The van der Waals surface area contributed by atoms with E-state index in [1.165, 1.54) is 12.1 Å². The number of hydrogen-bond donors (Lipinski definition) is 1. The Morgan fingerprint density at radius 1 is 1.33 bits per heavy atom. The molecular weight excluding hydrogens is 232 g/mol. The van der Waals surface area contributed by atoms with Crippen LogP contribution in [0.2, 0.25) is 0 Å². The molecule has 0 unspecified atom stereocenters. The zero-order valence-electron chi connectivity index (χ0n) is 10.0. The fraction of sp³-hybridized carbons (Fsp3) is 0.250. The highest BCUT2D eigenvalue weighted by atomic mass is 16.6. The van der Waals surface area contributed by atoms with Crippen LogP contribution in [0.3, 0.4) is 0 Å². The fourth-order valence-corrected chi connectivity index (χ4v) is 1.63. The Bertz CT molecular complexity index is 533. The summed E-state index contributed by atoms with van der Waals surface area (Å²) in [4.78, 5) is 10.1. The Morgan fingerprint density at radius 3 is 2.61 bits per heavy atom. The molecule has 0 fully saturated rings. The van der Waals surface area contributed by atoms with Gasteiger partial charge in [0.05, 0.1) is 4.92 Å². The molecule has 6 nitrogen and oxygen atoms in total. The maximum absolute atomic E-state index is 10.5. The Labute approximate surface area is 104 Å². The molecule has 1 aromatic carbocycles. The molecule has 18 heavy (non-hydrogen) atoms. The van der Waals surface area contributed by atoms with Gasteiger partial charge in [0.2, 0.25) is 0 Å². The lowest BCUT2D eigenvalue weighted by atomic mass is 10.1. The number of aryl methyl sites for hydroxylation is 1. The van der Waals surface area contributed by atoms with Crippen LogP contribution in [0.4, 0.5) is 11.5 Å². The van der Waals surface area contributed by atoms with Gasteiger partial charge in [0.1, 0.15) is 5.82 Å². The van der Waals surface area contributed by atoms with Crippen LogP contribution in [0.1, 0.15) is 5.56 Å². The van der Waals surface area contributed by atoms with Crippen LogP contribution in [0.5, 0.6) is 0 Å². The first-order valence-corrected chi connectivity index (χ1v) is 5.62.